The molecule has 1 heterocycles. The summed E-state index contributed by atoms with van der Waals surface area (Å²) in [5.74, 6) is -0.136. The van der Waals surface area contributed by atoms with Crippen LogP contribution in [0.5, 0.6) is 0 Å². The molecule has 2 N–H and O–H groups in total. The lowest BCUT2D eigenvalue weighted by molar-refractivity contribution is 0.102. The Morgan fingerprint density at radius 2 is 1.82 bits per heavy atom. The molecular weight excluding hydrogens is 274 g/mol. The van der Waals surface area contributed by atoms with E-state index in [1.165, 1.54) is 5.56 Å². The van der Waals surface area contributed by atoms with Crippen molar-refractivity contribution in [3.8, 4) is 0 Å². The first kappa shape index (κ1) is 15.9. The number of benzene rings is 1. The van der Waals surface area contributed by atoms with Crippen LogP contribution < -0.4 is 10.6 Å². The molecule has 0 fully saturated rings. The van der Waals surface area contributed by atoms with E-state index in [0.717, 1.165) is 17.8 Å². The molecule has 0 spiro atoms. The summed E-state index contributed by atoms with van der Waals surface area (Å²) in [6.07, 6.45) is 3.21. The lowest BCUT2D eigenvalue weighted by Gasteiger charge is -2.15. The molecule has 2 aromatic rings. The lowest BCUT2D eigenvalue weighted by Crippen LogP contribution is -2.20. The van der Waals surface area contributed by atoms with E-state index >= 15 is 0 Å². The molecule has 0 saturated heterocycles. The van der Waals surface area contributed by atoms with Crippen LogP contribution in [0.1, 0.15) is 35.8 Å². The molecule has 1 aromatic heterocycles. The molecule has 22 heavy (non-hydrogen) atoms. The van der Waals surface area contributed by atoms with Gasteiger partial charge >= 0.3 is 0 Å². The highest BCUT2D eigenvalue weighted by Crippen LogP contribution is 2.16. The van der Waals surface area contributed by atoms with Gasteiger partial charge in [0, 0.05) is 36.2 Å². The number of anilines is 1. The highest BCUT2D eigenvalue weighted by Gasteiger charge is 2.07. The van der Waals surface area contributed by atoms with Crippen LogP contribution in [-0.4, -0.2) is 17.4 Å². The number of nitrogens with zero attached hydrogens (tertiary/aromatic N) is 1. The molecule has 0 aliphatic carbocycles. The predicted molar refractivity (Wildman–Crippen MR) is 89.9 cm³/mol. The summed E-state index contributed by atoms with van der Waals surface area (Å²) >= 11 is 0. The van der Waals surface area contributed by atoms with Gasteiger partial charge in [-0.15, -0.1) is 0 Å². The fraction of sp³-hybridized carbons (Fsp3) is 0.222. The maximum absolute atomic E-state index is 12.0. The number of nitrogens with one attached hydrogen (secondary N) is 2. The summed E-state index contributed by atoms with van der Waals surface area (Å²) < 4.78 is 0. The standard InChI is InChI=1S/C18H21N3O/c1-13(2)12-20-14(3)15-4-6-17(7-5-15)21-18(22)16-8-10-19-11-9-16/h4-11,14,20H,1,12H2,2-3H3,(H,21,22). The molecule has 2 rings (SSSR count). The third-order valence-corrected chi connectivity index (χ3v) is 3.32. The number of rotatable bonds is 6. The maximum Gasteiger partial charge on any atom is 0.255 e. The largest absolute Gasteiger partial charge is 0.322 e. The third-order valence-electron chi connectivity index (χ3n) is 3.32. The van der Waals surface area contributed by atoms with E-state index in [2.05, 4.69) is 29.1 Å². The first-order chi connectivity index (χ1) is 10.6. The van der Waals surface area contributed by atoms with Crippen molar-refractivity contribution in [3.05, 3.63) is 72.1 Å². The molecule has 1 atom stereocenters. The Balaban J connectivity index is 1.97. The van der Waals surface area contributed by atoms with Gasteiger partial charge in [-0.1, -0.05) is 24.3 Å². The maximum atomic E-state index is 12.0. The van der Waals surface area contributed by atoms with Crippen LogP contribution >= 0.6 is 0 Å². The fourth-order valence-corrected chi connectivity index (χ4v) is 2.01. The van der Waals surface area contributed by atoms with Crippen LogP contribution in [-0.2, 0) is 0 Å². The Morgan fingerprint density at radius 3 is 2.41 bits per heavy atom. The summed E-state index contributed by atoms with van der Waals surface area (Å²) in [4.78, 5) is 16.0. The van der Waals surface area contributed by atoms with Gasteiger partial charge in [0.15, 0.2) is 0 Å². The summed E-state index contributed by atoms with van der Waals surface area (Å²) in [5.41, 5.74) is 3.64. The van der Waals surface area contributed by atoms with Gasteiger partial charge in [-0.2, -0.15) is 0 Å². The number of amides is 1. The first-order valence-electron chi connectivity index (χ1n) is 7.25. The van der Waals surface area contributed by atoms with Crippen molar-refractivity contribution in [2.75, 3.05) is 11.9 Å². The van der Waals surface area contributed by atoms with Crippen molar-refractivity contribution >= 4 is 11.6 Å². The normalized spacial score (nSPS) is 11.7. The van der Waals surface area contributed by atoms with Gasteiger partial charge in [0.05, 0.1) is 0 Å². The fourth-order valence-electron chi connectivity index (χ4n) is 2.01. The van der Waals surface area contributed by atoms with Crippen molar-refractivity contribution in [1.29, 1.82) is 0 Å². The number of hydrogen-bond donors (Lipinski definition) is 2. The summed E-state index contributed by atoms with van der Waals surface area (Å²) in [6, 6.07) is 11.5. The van der Waals surface area contributed by atoms with E-state index in [9.17, 15) is 4.79 Å². The summed E-state index contributed by atoms with van der Waals surface area (Å²) in [5, 5.41) is 6.26. The van der Waals surface area contributed by atoms with Gasteiger partial charge in [0.2, 0.25) is 0 Å². The van der Waals surface area contributed by atoms with E-state index in [1.54, 1.807) is 24.5 Å². The van der Waals surface area contributed by atoms with Crippen molar-refractivity contribution in [2.24, 2.45) is 0 Å². The van der Waals surface area contributed by atoms with Gasteiger partial charge in [0.1, 0.15) is 0 Å². The van der Waals surface area contributed by atoms with Crippen LogP contribution in [0.2, 0.25) is 0 Å². The van der Waals surface area contributed by atoms with Gasteiger partial charge in [-0.3, -0.25) is 9.78 Å². The van der Waals surface area contributed by atoms with Crippen LogP contribution in [0.15, 0.2) is 60.9 Å². The molecule has 0 aliphatic rings. The Hall–Kier alpha value is -2.46. The number of aromatic nitrogens is 1. The van der Waals surface area contributed by atoms with E-state index in [-0.39, 0.29) is 11.9 Å². The molecule has 1 aromatic carbocycles. The van der Waals surface area contributed by atoms with Gasteiger partial charge in [-0.25, -0.2) is 0 Å². The Labute approximate surface area is 131 Å². The topological polar surface area (TPSA) is 54.0 Å². The van der Waals surface area contributed by atoms with Crippen LogP contribution in [0.3, 0.4) is 0 Å². The SMILES string of the molecule is C=C(C)CNC(C)c1ccc(NC(=O)c2ccncc2)cc1. The predicted octanol–water partition coefficient (Wildman–Crippen LogP) is 3.56. The van der Waals surface area contributed by atoms with E-state index in [4.69, 9.17) is 0 Å². The zero-order valence-electron chi connectivity index (χ0n) is 13.0. The number of pyridine rings is 1. The Morgan fingerprint density at radius 1 is 1.18 bits per heavy atom. The zero-order chi connectivity index (χ0) is 15.9. The molecule has 0 bridgehead atoms. The highest BCUT2D eigenvalue weighted by molar-refractivity contribution is 6.04. The second kappa shape index (κ2) is 7.52. The second-order valence-corrected chi connectivity index (χ2v) is 5.37. The smallest absolute Gasteiger partial charge is 0.255 e. The Bertz CT molecular complexity index is 635. The highest BCUT2D eigenvalue weighted by atomic mass is 16.1. The number of carbonyl (C=O) groups is 1. The van der Waals surface area contributed by atoms with Gasteiger partial charge < -0.3 is 10.6 Å². The van der Waals surface area contributed by atoms with E-state index in [1.807, 2.05) is 31.2 Å². The summed E-state index contributed by atoms with van der Waals surface area (Å²) in [6.45, 7) is 8.78. The summed E-state index contributed by atoms with van der Waals surface area (Å²) in [7, 11) is 0. The molecule has 0 aliphatic heterocycles. The first-order valence-corrected chi connectivity index (χ1v) is 7.25. The molecule has 1 unspecified atom stereocenters. The minimum atomic E-state index is -0.136. The van der Waals surface area contributed by atoms with Gasteiger partial charge in [0.25, 0.3) is 5.91 Å². The molecule has 0 saturated carbocycles. The van der Waals surface area contributed by atoms with Crippen molar-refractivity contribution in [1.82, 2.24) is 10.3 Å². The zero-order valence-corrected chi connectivity index (χ0v) is 13.0. The van der Waals surface area contributed by atoms with E-state index in [0.29, 0.717) is 5.56 Å². The van der Waals surface area contributed by atoms with Crippen LogP contribution in [0, 0.1) is 0 Å². The second-order valence-electron chi connectivity index (χ2n) is 5.37. The van der Waals surface area contributed by atoms with Crippen molar-refractivity contribution in [2.45, 2.75) is 19.9 Å². The average molecular weight is 295 g/mol. The van der Waals surface area contributed by atoms with Crippen molar-refractivity contribution < 1.29 is 4.79 Å². The van der Waals surface area contributed by atoms with Crippen LogP contribution in [0.4, 0.5) is 5.69 Å². The molecule has 1 amide bonds. The number of hydrogen-bond acceptors (Lipinski definition) is 3. The molecule has 4 heteroatoms. The minimum absolute atomic E-state index is 0.136. The molecular formula is C18H21N3O. The quantitative estimate of drug-likeness (QED) is 0.801. The number of carbonyl (C=O) groups excluding carboxylic acids is 1. The molecule has 4 nitrogen and oxygen atoms in total. The third kappa shape index (κ3) is 4.53. The minimum Gasteiger partial charge on any atom is -0.322 e. The van der Waals surface area contributed by atoms with E-state index < -0.39 is 0 Å². The average Bonchev–Trinajstić information content (AvgIpc) is 2.54. The van der Waals surface area contributed by atoms with Crippen LogP contribution in [0.25, 0.3) is 0 Å². The monoisotopic (exact) mass is 295 g/mol. The molecule has 0 radical (unpaired) electrons. The molecule has 114 valence electrons. The van der Waals surface area contributed by atoms with Crippen molar-refractivity contribution in [3.63, 3.8) is 0 Å². The van der Waals surface area contributed by atoms with Gasteiger partial charge in [-0.05, 0) is 43.7 Å². The Kier molecular flexibility index (Phi) is 5.44. The lowest BCUT2D eigenvalue weighted by atomic mass is 10.1.